The molecule has 180 valence electrons. The number of benzene rings is 1. The maximum atomic E-state index is 11.4. The highest BCUT2D eigenvalue weighted by Crippen LogP contribution is 2.13. The molecule has 1 aromatic carbocycles. The number of hydrazine groups is 4. The highest BCUT2D eigenvalue weighted by atomic mass is 32.2. The van der Waals surface area contributed by atoms with E-state index >= 15 is 0 Å². The van der Waals surface area contributed by atoms with Gasteiger partial charge in [0.25, 0.3) is 0 Å². The molecule has 8 N–H and O–H groups in total. The van der Waals surface area contributed by atoms with E-state index in [0.29, 0.717) is 31.8 Å². The first-order chi connectivity index (χ1) is 15.6. The number of carboxylic acid groups (broad SMARTS) is 2. The van der Waals surface area contributed by atoms with Gasteiger partial charge in [0.05, 0.1) is 16.3 Å². The first-order valence-electron chi connectivity index (χ1n) is 9.84. The van der Waals surface area contributed by atoms with Crippen LogP contribution in [0.25, 0.3) is 0 Å². The van der Waals surface area contributed by atoms with Gasteiger partial charge < -0.3 is 21.1 Å². The molecule has 0 aliphatic carbocycles. The highest BCUT2D eigenvalue weighted by Gasteiger charge is 2.22. The molecule has 0 saturated carbocycles. The number of sulfonamides is 1. The third-order valence-electron chi connectivity index (χ3n) is 4.80. The van der Waals surface area contributed by atoms with Crippen molar-refractivity contribution >= 4 is 22.0 Å². The van der Waals surface area contributed by atoms with Gasteiger partial charge in [-0.15, -0.1) is 11.1 Å². The van der Waals surface area contributed by atoms with Crippen LogP contribution < -0.4 is 27.1 Å². The number of primary sulfonamides is 1. The Morgan fingerprint density at radius 2 is 1.73 bits per heavy atom. The number of aliphatic carboxylic acids is 2. The topological polar surface area (TPSA) is 193 Å². The molecule has 2 aliphatic heterocycles. The van der Waals surface area contributed by atoms with E-state index in [1.807, 2.05) is 4.90 Å². The number of hydrogen-bond acceptors (Lipinski definition) is 11. The summed E-state index contributed by atoms with van der Waals surface area (Å²) >= 11 is 0. The maximum absolute atomic E-state index is 11.4. The average Bonchev–Trinajstić information content (AvgIpc) is 3.34. The van der Waals surface area contributed by atoms with E-state index in [0.717, 1.165) is 11.3 Å². The van der Waals surface area contributed by atoms with E-state index in [1.54, 1.807) is 24.5 Å². The van der Waals surface area contributed by atoms with Crippen LogP contribution in [0.4, 0.5) is 0 Å². The molecule has 0 radical (unpaired) electrons. The van der Waals surface area contributed by atoms with Crippen molar-refractivity contribution in [3.63, 3.8) is 0 Å². The molecular weight excluding hydrogens is 456 g/mol. The van der Waals surface area contributed by atoms with Gasteiger partial charge in [-0.1, -0.05) is 12.1 Å². The molecular formula is C18H26N8O6S. The van der Waals surface area contributed by atoms with Crippen molar-refractivity contribution in [2.24, 2.45) is 5.14 Å². The van der Waals surface area contributed by atoms with E-state index in [4.69, 9.17) is 15.4 Å². The molecule has 0 fully saturated rings. The summed E-state index contributed by atoms with van der Waals surface area (Å²) < 4.78 is 22.9. The van der Waals surface area contributed by atoms with Gasteiger partial charge >= 0.3 is 11.9 Å². The number of nitrogens with two attached hydrogens (primary N) is 1. The number of carbonyl (C=O) groups is 2. The van der Waals surface area contributed by atoms with Gasteiger partial charge in [0.1, 0.15) is 13.1 Å². The smallest absolute Gasteiger partial charge is 0.324 e. The molecule has 1 aromatic rings. The number of nitrogens with zero attached hydrogens (tertiary/aromatic N) is 3. The minimum absolute atomic E-state index is 0.0329. The SMILES string of the molecule is NS(=O)(=O)c1ccc(CCN(CC2=CN(CC(=O)O)NN2)CC2=CNNN2CC(=O)O)cc1. The summed E-state index contributed by atoms with van der Waals surface area (Å²) in [5.41, 5.74) is 13.6. The van der Waals surface area contributed by atoms with Crippen molar-refractivity contribution in [1.82, 2.24) is 36.8 Å². The summed E-state index contributed by atoms with van der Waals surface area (Å²) in [6.07, 6.45) is 3.90. The predicted octanol–water partition coefficient (Wildman–Crippen LogP) is -2.32. The number of carboxylic acids is 2. The zero-order valence-electron chi connectivity index (χ0n) is 17.6. The fourth-order valence-electron chi connectivity index (χ4n) is 3.28. The lowest BCUT2D eigenvalue weighted by molar-refractivity contribution is -0.139. The zero-order chi connectivity index (χ0) is 24.0. The lowest BCUT2D eigenvalue weighted by Gasteiger charge is -2.27. The van der Waals surface area contributed by atoms with Gasteiger partial charge in [0.15, 0.2) is 0 Å². The molecule has 0 saturated heterocycles. The molecule has 0 aromatic heterocycles. The van der Waals surface area contributed by atoms with Crippen LogP contribution in [-0.4, -0.2) is 78.2 Å². The Labute approximate surface area is 190 Å². The fourth-order valence-corrected chi connectivity index (χ4v) is 3.79. The molecule has 0 atom stereocenters. The van der Waals surface area contributed by atoms with Gasteiger partial charge in [0, 0.05) is 32.0 Å². The van der Waals surface area contributed by atoms with Gasteiger partial charge in [-0.2, -0.15) is 0 Å². The summed E-state index contributed by atoms with van der Waals surface area (Å²) in [6.45, 7) is 0.886. The normalized spacial score (nSPS) is 15.8. The van der Waals surface area contributed by atoms with Crippen LogP contribution in [0.5, 0.6) is 0 Å². The van der Waals surface area contributed by atoms with E-state index in [-0.39, 0.29) is 18.0 Å². The lowest BCUT2D eigenvalue weighted by Crippen LogP contribution is -2.44. The third kappa shape index (κ3) is 7.33. The summed E-state index contributed by atoms with van der Waals surface area (Å²) in [4.78, 5) is 24.1. The Bertz CT molecular complexity index is 1040. The highest BCUT2D eigenvalue weighted by molar-refractivity contribution is 7.89. The molecule has 0 bridgehead atoms. The number of nitrogens with one attached hydrogen (secondary N) is 4. The van der Waals surface area contributed by atoms with Crippen LogP contribution in [0.15, 0.2) is 53.0 Å². The summed E-state index contributed by atoms with van der Waals surface area (Å²) in [5.74, 6) is -1.98. The van der Waals surface area contributed by atoms with E-state index in [9.17, 15) is 18.0 Å². The van der Waals surface area contributed by atoms with Gasteiger partial charge in [-0.25, -0.2) is 13.6 Å². The van der Waals surface area contributed by atoms with E-state index < -0.39 is 22.0 Å². The quantitative estimate of drug-likeness (QED) is 0.168. The molecule has 0 amide bonds. The Hall–Kier alpha value is -3.37. The molecule has 33 heavy (non-hydrogen) atoms. The summed E-state index contributed by atoms with van der Waals surface area (Å²) in [7, 11) is -3.77. The van der Waals surface area contributed by atoms with E-state index in [2.05, 4.69) is 21.9 Å². The molecule has 14 nitrogen and oxygen atoms in total. The minimum atomic E-state index is -3.77. The van der Waals surface area contributed by atoms with Crippen molar-refractivity contribution in [2.75, 3.05) is 32.7 Å². The Morgan fingerprint density at radius 1 is 1.03 bits per heavy atom. The fraction of sp³-hybridized carbons (Fsp3) is 0.333. The van der Waals surface area contributed by atoms with Crippen molar-refractivity contribution in [1.29, 1.82) is 0 Å². The lowest BCUT2D eigenvalue weighted by atomic mass is 10.1. The van der Waals surface area contributed by atoms with Crippen LogP contribution in [0, 0.1) is 0 Å². The van der Waals surface area contributed by atoms with Gasteiger partial charge in [-0.05, 0) is 24.1 Å². The standard InChI is InChI=1S/C18H26N8O6S/c19-33(31,32)16-3-1-13(2-4-16)5-6-24(8-14-9-25(23-21-14)11-17(27)28)10-15-7-20-22-26(15)12-18(29)30/h1-4,7,9,20-23H,5-6,8,10-12H2,(H,27,28)(H,29,30)(H2,19,31,32). The second-order valence-corrected chi connectivity index (χ2v) is 9.00. The molecule has 0 unspecified atom stereocenters. The van der Waals surface area contributed by atoms with Crippen LogP contribution in [0.1, 0.15) is 5.56 Å². The van der Waals surface area contributed by atoms with Crippen LogP contribution in [0.2, 0.25) is 0 Å². The van der Waals surface area contributed by atoms with Crippen LogP contribution in [-0.2, 0) is 26.0 Å². The second-order valence-electron chi connectivity index (χ2n) is 7.43. The number of rotatable bonds is 12. The summed E-state index contributed by atoms with van der Waals surface area (Å²) in [5, 5.41) is 26.1. The van der Waals surface area contributed by atoms with Crippen molar-refractivity contribution in [2.45, 2.75) is 11.3 Å². The second kappa shape index (κ2) is 10.5. The average molecular weight is 483 g/mol. The largest absolute Gasteiger partial charge is 0.480 e. The minimum Gasteiger partial charge on any atom is -0.480 e. The first kappa shape index (κ1) is 24.3. The summed E-state index contributed by atoms with van der Waals surface area (Å²) in [6, 6.07) is 6.28. The first-order valence-corrected chi connectivity index (χ1v) is 11.4. The zero-order valence-corrected chi connectivity index (χ0v) is 18.4. The van der Waals surface area contributed by atoms with E-state index in [1.165, 1.54) is 22.2 Å². The molecule has 15 heteroatoms. The monoisotopic (exact) mass is 482 g/mol. The van der Waals surface area contributed by atoms with Gasteiger partial charge in [0.2, 0.25) is 10.0 Å². The van der Waals surface area contributed by atoms with Crippen LogP contribution in [0.3, 0.4) is 0 Å². The molecule has 0 spiro atoms. The van der Waals surface area contributed by atoms with Crippen molar-refractivity contribution in [3.8, 4) is 0 Å². The number of hydrogen-bond donors (Lipinski definition) is 7. The Balaban J connectivity index is 1.68. The van der Waals surface area contributed by atoms with Crippen LogP contribution >= 0.6 is 0 Å². The molecule has 2 aliphatic rings. The Kier molecular flexibility index (Phi) is 7.72. The van der Waals surface area contributed by atoms with Crippen molar-refractivity contribution < 1.29 is 28.2 Å². The van der Waals surface area contributed by atoms with Gasteiger partial charge in [-0.3, -0.25) is 24.5 Å². The van der Waals surface area contributed by atoms with Crippen molar-refractivity contribution in [3.05, 3.63) is 53.6 Å². The molecule has 2 heterocycles. The third-order valence-corrected chi connectivity index (χ3v) is 5.73. The predicted molar refractivity (Wildman–Crippen MR) is 115 cm³/mol. The Morgan fingerprint density at radius 3 is 2.36 bits per heavy atom. The maximum Gasteiger partial charge on any atom is 0.324 e. The molecule has 3 rings (SSSR count).